The highest BCUT2D eigenvalue weighted by Crippen LogP contribution is 2.08. The summed E-state index contributed by atoms with van der Waals surface area (Å²) in [7, 11) is 4.76. The molecule has 9 nitrogen and oxygen atoms in total. The molecule has 1 aromatic carbocycles. The largest absolute Gasteiger partial charge is 0.347 e. The van der Waals surface area contributed by atoms with Gasteiger partial charge in [0.25, 0.3) is 5.91 Å². The molecule has 2 rings (SSSR count). The molecule has 26 heavy (non-hydrogen) atoms. The first-order valence-corrected chi connectivity index (χ1v) is 7.98. The summed E-state index contributed by atoms with van der Waals surface area (Å²) in [6.45, 7) is 1.82. The highest BCUT2D eigenvalue weighted by atomic mass is 16.2. The van der Waals surface area contributed by atoms with Crippen LogP contribution >= 0.6 is 0 Å². The van der Waals surface area contributed by atoms with Gasteiger partial charge in [0.15, 0.2) is 5.69 Å². The molecule has 0 spiro atoms. The summed E-state index contributed by atoms with van der Waals surface area (Å²) in [6.07, 6.45) is 1.39. The van der Waals surface area contributed by atoms with Crippen LogP contribution in [0.1, 0.15) is 16.1 Å². The molecule has 0 saturated carbocycles. The lowest BCUT2D eigenvalue weighted by Crippen LogP contribution is -2.35. The van der Waals surface area contributed by atoms with Crippen LogP contribution < -0.4 is 5.32 Å². The first-order chi connectivity index (χ1) is 12.3. The summed E-state index contributed by atoms with van der Waals surface area (Å²) in [6, 6.07) is 7.36. The van der Waals surface area contributed by atoms with Gasteiger partial charge >= 0.3 is 0 Å². The Morgan fingerprint density at radius 3 is 2.38 bits per heavy atom. The standard InChI is InChI=1S/C17H22N6O3/c1-12-5-7-13(8-6-12)18-15(24)10-22(4)17(26)14-9-23(20-19-14)11-16(25)21(2)3/h5-9H,10-11H2,1-4H3,(H,18,24). The third-order valence-electron chi connectivity index (χ3n) is 3.62. The van der Waals surface area contributed by atoms with Gasteiger partial charge in [-0.3, -0.25) is 14.4 Å². The van der Waals surface area contributed by atoms with Crippen molar-refractivity contribution in [2.45, 2.75) is 13.5 Å². The Kier molecular flexibility index (Phi) is 6.05. The van der Waals surface area contributed by atoms with Crippen LogP contribution in [0.25, 0.3) is 0 Å². The Bertz CT molecular complexity index is 797. The number of amides is 3. The molecule has 0 unspecified atom stereocenters. The Morgan fingerprint density at radius 1 is 1.12 bits per heavy atom. The fraction of sp³-hybridized carbons (Fsp3) is 0.353. The predicted octanol–water partition coefficient (Wildman–Crippen LogP) is 0.385. The van der Waals surface area contributed by atoms with E-state index >= 15 is 0 Å². The summed E-state index contributed by atoms with van der Waals surface area (Å²) >= 11 is 0. The molecule has 0 radical (unpaired) electrons. The molecule has 0 fully saturated rings. The van der Waals surface area contributed by atoms with Crippen LogP contribution in [-0.2, 0) is 16.1 Å². The topological polar surface area (TPSA) is 100 Å². The molecule has 0 aliphatic heterocycles. The van der Waals surface area contributed by atoms with Gasteiger partial charge in [0.2, 0.25) is 11.8 Å². The average molecular weight is 358 g/mol. The van der Waals surface area contributed by atoms with E-state index in [0.29, 0.717) is 5.69 Å². The zero-order valence-electron chi connectivity index (χ0n) is 15.3. The van der Waals surface area contributed by atoms with E-state index in [1.165, 1.54) is 27.7 Å². The van der Waals surface area contributed by atoms with E-state index in [1.54, 1.807) is 26.2 Å². The van der Waals surface area contributed by atoms with Gasteiger partial charge in [-0.25, -0.2) is 4.68 Å². The summed E-state index contributed by atoms with van der Waals surface area (Å²) in [5.74, 6) is -0.938. The van der Waals surface area contributed by atoms with Crippen molar-refractivity contribution < 1.29 is 14.4 Å². The lowest BCUT2D eigenvalue weighted by atomic mass is 10.2. The van der Waals surface area contributed by atoms with Crippen molar-refractivity contribution in [1.82, 2.24) is 24.8 Å². The smallest absolute Gasteiger partial charge is 0.276 e. The predicted molar refractivity (Wildman–Crippen MR) is 95.5 cm³/mol. The first kappa shape index (κ1) is 19.1. The molecule has 0 saturated heterocycles. The molecule has 0 atom stereocenters. The van der Waals surface area contributed by atoms with Crippen molar-refractivity contribution in [3.8, 4) is 0 Å². The monoisotopic (exact) mass is 358 g/mol. The summed E-state index contributed by atoms with van der Waals surface area (Å²) in [5.41, 5.74) is 1.82. The molecule has 1 heterocycles. The van der Waals surface area contributed by atoms with Crippen molar-refractivity contribution in [1.29, 1.82) is 0 Å². The molecule has 0 bridgehead atoms. The normalized spacial score (nSPS) is 10.3. The van der Waals surface area contributed by atoms with Crippen molar-refractivity contribution in [3.05, 3.63) is 41.7 Å². The molecule has 2 aromatic rings. The van der Waals surface area contributed by atoms with Crippen LogP contribution in [0.4, 0.5) is 5.69 Å². The number of rotatable bonds is 6. The number of hydrogen-bond donors (Lipinski definition) is 1. The van der Waals surface area contributed by atoms with E-state index in [2.05, 4.69) is 15.6 Å². The average Bonchev–Trinajstić information content (AvgIpc) is 3.04. The number of nitrogens with zero attached hydrogens (tertiary/aromatic N) is 5. The van der Waals surface area contributed by atoms with Gasteiger partial charge in [0, 0.05) is 26.8 Å². The molecule has 138 valence electrons. The van der Waals surface area contributed by atoms with E-state index in [0.717, 1.165) is 5.56 Å². The molecule has 0 aliphatic rings. The number of nitrogens with one attached hydrogen (secondary N) is 1. The van der Waals surface area contributed by atoms with Crippen LogP contribution in [0, 0.1) is 6.92 Å². The van der Waals surface area contributed by atoms with Gasteiger partial charge in [0.1, 0.15) is 6.54 Å². The van der Waals surface area contributed by atoms with Crippen LogP contribution in [0.5, 0.6) is 0 Å². The maximum atomic E-state index is 12.3. The van der Waals surface area contributed by atoms with Crippen molar-refractivity contribution in [2.75, 3.05) is 33.0 Å². The van der Waals surface area contributed by atoms with Gasteiger partial charge in [-0.2, -0.15) is 0 Å². The van der Waals surface area contributed by atoms with Gasteiger partial charge in [0.05, 0.1) is 12.7 Å². The molecule has 1 N–H and O–H groups in total. The van der Waals surface area contributed by atoms with E-state index in [1.807, 2.05) is 19.1 Å². The van der Waals surface area contributed by atoms with Gasteiger partial charge in [-0.15, -0.1) is 5.10 Å². The first-order valence-electron chi connectivity index (χ1n) is 7.98. The zero-order chi connectivity index (χ0) is 19.3. The lowest BCUT2D eigenvalue weighted by Gasteiger charge is -2.15. The number of carbonyl (C=O) groups excluding carboxylic acids is 3. The third-order valence-corrected chi connectivity index (χ3v) is 3.62. The van der Waals surface area contributed by atoms with Crippen LogP contribution in [-0.4, -0.2) is 70.2 Å². The summed E-state index contributed by atoms with van der Waals surface area (Å²) < 4.78 is 1.29. The Hall–Kier alpha value is -3.23. The number of aryl methyl sites for hydroxylation is 1. The Balaban J connectivity index is 1.92. The molecule has 0 aliphatic carbocycles. The van der Waals surface area contributed by atoms with E-state index in [4.69, 9.17) is 0 Å². The second-order valence-corrected chi connectivity index (χ2v) is 6.16. The summed E-state index contributed by atoms with van der Waals surface area (Å²) in [4.78, 5) is 38.7. The number of anilines is 1. The second kappa shape index (κ2) is 8.24. The highest BCUT2D eigenvalue weighted by molar-refractivity contribution is 5.98. The minimum atomic E-state index is -0.451. The van der Waals surface area contributed by atoms with Gasteiger partial charge in [-0.05, 0) is 19.1 Å². The maximum Gasteiger partial charge on any atom is 0.276 e. The molecular weight excluding hydrogens is 336 g/mol. The lowest BCUT2D eigenvalue weighted by molar-refractivity contribution is -0.129. The Labute approximate surface area is 151 Å². The number of aromatic nitrogens is 3. The summed E-state index contributed by atoms with van der Waals surface area (Å²) in [5, 5.41) is 10.3. The van der Waals surface area contributed by atoms with E-state index < -0.39 is 5.91 Å². The number of hydrogen-bond acceptors (Lipinski definition) is 5. The highest BCUT2D eigenvalue weighted by Gasteiger charge is 2.19. The van der Waals surface area contributed by atoms with Crippen molar-refractivity contribution in [3.63, 3.8) is 0 Å². The minimum Gasteiger partial charge on any atom is -0.347 e. The number of likely N-dealkylation sites (N-methyl/N-ethyl adjacent to an activating group) is 2. The molecular formula is C17H22N6O3. The SMILES string of the molecule is Cc1ccc(NC(=O)CN(C)C(=O)c2cn(CC(=O)N(C)C)nn2)cc1. The molecule has 3 amide bonds. The number of benzene rings is 1. The fourth-order valence-corrected chi connectivity index (χ4v) is 2.07. The van der Waals surface area contributed by atoms with Crippen LogP contribution in [0.2, 0.25) is 0 Å². The van der Waals surface area contributed by atoms with Crippen molar-refractivity contribution >= 4 is 23.4 Å². The van der Waals surface area contributed by atoms with E-state index in [-0.39, 0.29) is 30.6 Å². The quantitative estimate of drug-likeness (QED) is 0.805. The molecule has 9 heteroatoms. The third kappa shape index (κ3) is 5.13. The fourth-order valence-electron chi connectivity index (χ4n) is 2.07. The van der Waals surface area contributed by atoms with Crippen LogP contribution in [0.15, 0.2) is 30.5 Å². The van der Waals surface area contributed by atoms with E-state index in [9.17, 15) is 14.4 Å². The zero-order valence-corrected chi connectivity index (χ0v) is 15.3. The molecule has 1 aromatic heterocycles. The Morgan fingerprint density at radius 2 is 1.77 bits per heavy atom. The maximum absolute atomic E-state index is 12.3. The van der Waals surface area contributed by atoms with Gasteiger partial charge in [-0.1, -0.05) is 22.9 Å². The van der Waals surface area contributed by atoms with Gasteiger partial charge < -0.3 is 15.1 Å². The number of carbonyl (C=O) groups is 3. The minimum absolute atomic E-state index is 0.00902. The second-order valence-electron chi connectivity index (χ2n) is 6.16. The van der Waals surface area contributed by atoms with Crippen LogP contribution in [0.3, 0.4) is 0 Å². The van der Waals surface area contributed by atoms with Crippen molar-refractivity contribution in [2.24, 2.45) is 0 Å².